The van der Waals surface area contributed by atoms with Crippen LogP contribution in [0.3, 0.4) is 0 Å². The molecule has 0 aromatic heterocycles. The van der Waals surface area contributed by atoms with Crippen molar-refractivity contribution in [1.82, 2.24) is 0 Å². The Balaban J connectivity index is 1.69. The lowest BCUT2D eigenvalue weighted by molar-refractivity contribution is -0.219. The summed E-state index contributed by atoms with van der Waals surface area (Å²) in [4.78, 5) is 11.7. The third kappa shape index (κ3) is 4.89. The maximum absolute atomic E-state index is 14.4. The van der Waals surface area contributed by atoms with E-state index in [2.05, 4.69) is 0 Å². The third-order valence-corrected chi connectivity index (χ3v) is 9.23. The molecule has 0 radical (unpaired) electrons. The lowest BCUT2D eigenvalue weighted by Crippen LogP contribution is -2.60. The highest BCUT2D eigenvalue weighted by atomic mass is 31.2. The molecule has 2 fully saturated rings. The maximum atomic E-state index is 14.4. The average molecular weight is 571 g/mol. The second-order valence-corrected chi connectivity index (χ2v) is 12.5. The molecule has 2 unspecified atom stereocenters. The van der Waals surface area contributed by atoms with E-state index in [0.717, 1.165) is 22.3 Å². The molecule has 0 amide bonds. The zero-order valence-electron chi connectivity index (χ0n) is 23.7. The van der Waals surface area contributed by atoms with Crippen molar-refractivity contribution in [2.24, 2.45) is 0 Å². The standard InChI is InChI=1S/C34H35O6P/c1-23-5-13-27(14-6-23)33(28-15-7-24(2)8-16-28)31-32(38-22-21-37-31)34(40-41(35,36)39-33,29-17-9-25(3)10-18-29)30-19-11-26(4)12-20-30/h5-20,31-32H,21-22H2,1-4H3,(H,35,36). The molecule has 212 valence electrons. The highest BCUT2D eigenvalue weighted by Crippen LogP contribution is 2.65. The van der Waals surface area contributed by atoms with Crippen LogP contribution in [-0.4, -0.2) is 30.3 Å². The van der Waals surface area contributed by atoms with Gasteiger partial charge in [0, 0.05) is 0 Å². The fraction of sp³-hybridized carbons (Fsp3) is 0.294. The first-order chi connectivity index (χ1) is 19.6. The Morgan fingerprint density at radius 3 is 1.02 bits per heavy atom. The topological polar surface area (TPSA) is 74.2 Å². The Kier molecular flexibility index (Phi) is 7.27. The van der Waals surface area contributed by atoms with Crippen LogP contribution in [0.2, 0.25) is 0 Å². The van der Waals surface area contributed by atoms with Crippen LogP contribution in [0.4, 0.5) is 0 Å². The number of phosphoric acid groups is 1. The summed E-state index contributed by atoms with van der Waals surface area (Å²) in [7, 11) is -4.82. The van der Waals surface area contributed by atoms with Gasteiger partial charge in [-0.15, -0.1) is 0 Å². The predicted octanol–water partition coefficient (Wildman–Crippen LogP) is 7.04. The second kappa shape index (κ2) is 10.6. The van der Waals surface area contributed by atoms with E-state index in [0.29, 0.717) is 22.3 Å². The van der Waals surface area contributed by atoms with Gasteiger partial charge in [-0.25, -0.2) is 4.57 Å². The fourth-order valence-corrected chi connectivity index (χ4v) is 7.47. The van der Waals surface area contributed by atoms with Gasteiger partial charge in [0.1, 0.15) is 12.2 Å². The van der Waals surface area contributed by atoms with E-state index in [1.807, 2.05) is 125 Å². The minimum absolute atomic E-state index is 0.289. The van der Waals surface area contributed by atoms with Gasteiger partial charge in [-0.2, -0.15) is 0 Å². The lowest BCUT2D eigenvalue weighted by Gasteiger charge is -2.48. The maximum Gasteiger partial charge on any atom is 0.474 e. The van der Waals surface area contributed by atoms with E-state index < -0.39 is 31.2 Å². The molecule has 6 nitrogen and oxygen atoms in total. The average Bonchev–Trinajstić information content (AvgIpc) is 3.06. The Bertz CT molecular complexity index is 1350. The van der Waals surface area contributed by atoms with Crippen molar-refractivity contribution in [3.8, 4) is 0 Å². The summed E-state index contributed by atoms with van der Waals surface area (Å²) in [6.07, 6.45) is -1.71. The van der Waals surface area contributed by atoms with E-state index in [9.17, 15) is 9.46 Å². The van der Waals surface area contributed by atoms with Gasteiger partial charge >= 0.3 is 7.82 Å². The van der Waals surface area contributed by atoms with Gasteiger partial charge in [0.2, 0.25) is 0 Å². The molecule has 2 aliphatic heterocycles. The second-order valence-electron chi connectivity index (χ2n) is 11.2. The Labute approximate surface area is 241 Å². The van der Waals surface area contributed by atoms with Crippen molar-refractivity contribution >= 4 is 7.82 Å². The molecule has 0 bridgehead atoms. The summed E-state index contributed by atoms with van der Waals surface area (Å²) >= 11 is 0. The van der Waals surface area contributed by atoms with Gasteiger partial charge < -0.3 is 14.4 Å². The smallest absolute Gasteiger partial charge is 0.369 e. The van der Waals surface area contributed by atoms with Crippen molar-refractivity contribution in [3.05, 3.63) is 142 Å². The van der Waals surface area contributed by atoms with Crippen LogP contribution in [0.25, 0.3) is 0 Å². The first-order valence-electron chi connectivity index (χ1n) is 13.9. The number of aryl methyl sites for hydroxylation is 4. The van der Waals surface area contributed by atoms with Gasteiger partial charge in [-0.05, 0) is 49.9 Å². The molecule has 6 rings (SSSR count). The Hall–Kier alpha value is -3.09. The van der Waals surface area contributed by atoms with Crippen LogP contribution in [0, 0.1) is 27.7 Å². The van der Waals surface area contributed by atoms with Crippen molar-refractivity contribution in [1.29, 1.82) is 0 Å². The summed E-state index contributed by atoms with van der Waals surface area (Å²) < 4.78 is 40.5. The molecule has 2 aliphatic rings. The molecule has 0 spiro atoms. The molecule has 4 aromatic carbocycles. The van der Waals surface area contributed by atoms with Gasteiger partial charge in [0.15, 0.2) is 11.2 Å². The first-order valence-corrected chi connectivity index (χ1v) is 15.4. The predicted molar refractivity (Wildman–Crippen MR) is 158 cm³/mol. The lowest BCUT2D eigenvalue weighted by atomic mass is 9.71. The minimum atomic E-state index is -4.82. The van der Waals surface area contributed by atoms with E-state index in [-0.39, 0.29) is 13.2 Å². The van der Waals surface area contributed by atoms with E-state index >= 15 is 0 Å². The molecular formula is C34H35O6P. The summed E-state index contributed by atoms with van der Waals surface area (Å²) in [5.41, 5.74) is 3.87. The number of phosphoric ester groups is 1. The zero-order valence-corrected chi connectivity index (χ0v) is 24.6. The molecule has 4 aromatic rings. The molecule has 2 heterocycles. The van der Waals surface area contributed by atoms with E-state index in [1.54, 1.807) is 0 Å². The van der Waals surface area contributed by atoms with Gasteiger partial charge in [0.05, 0.1) is 13.2 Å². The van der Waals surface area contributed by atoms with Crippen molar-refractivity contribution in [2.75, 3.05) is 13.2 Å². The normalized spacial score (nSPS) is 25.2. The molecule has 2 atom stereocenters. The van der Waals surface area contributed by atoms with E-state index in [1.165, 1.54) is 0 Å². The van der Waals surface area contributed by atoms with Gasteiger partial charge in [-0.1, -0.05) is 119 Å². The van der Waals surface area contributed by atoms with Crippen LogP contribution < -0.4 is 0 Å². The number of benzene rings is 4. The number of fused-ring (bicyclic) bond motifs is 1. The quantitative estimate of drug-likeness (QED) is 0.266. The van der Waals surface area contributed by atoms with Gasteiger partial charge in [-0.3, -0.25) is 9.05 Å². The zero-order chi connectivity index (χ0) is 28.8. The molecular weight excluding hydrogens is 535 g/mol. The number of hydrogen-bond donors (Lipinski definition) is 1. The monoisotopic (exact) mass is 570 g/mol. The fourth-order valence-electron chi connectivity index (χ4n) is 6.08. The summed E-state index contributed by atoms with van der Waals surface area (Å²) in [6, 6.07) is 31.1. The summed E-state index contributed by atoms with van der Waals surface area (Å²) in [5.74, 6) is 0. The minimum Gasteiger partial charge on any atom is -0.369 e. The Morgan fingerprint density at radius 1 is 0.537 bits per heavy atom. The Morgan fingerprint density at radius 2 is 0.780 bits per heavy atom. The van der Waals surface area contributed by atoms with Crippen LogP contribution in [0.1, 0.15) is 44.5 Å². The molecule has 2 saturated heterocycles. The van der Waals surface area contributed by atoms with Crippen molar-refractivity contribution in [2.45, 2.75) is 51.1 Å². The molecule has 0 saturated carbocycles. The number of ether oxygens (including phenoxy) is 2. The van der Waals surface area contributed by atoms with Gasteiger partial charge in [0.25, 0.3) is 0 Å². The number of rotatable bonds is 4. The van der Waals surface area contributed by atoms with Crippen LogP contribution in [-0.2, 0) is 34.3 Å². The number of hydrogen-bond acceptors (Lipinski definition) is 5. The SMILES string of the molecule is Cc1ccc(C2(c3ccc(C)cc3)OP(=O)(O)OC(c3ccc(C)cc3)(c3ccc(C)cc3)C3OCCOC32)cc1. The molecule has 1 N–H and O–H groups in total. The van der Waals surface area contributed by atoms with Crippen molar-refractivity contribution in [3.63, 3.8) is 0 Å². The summed E-state index contributed by atoms with van der Waals surface area (Å²) in [6.45, 7) is 8.58. The highest BCUT2D eigenvalue weighted by molar-refractivity contribution is 7.47. The van der Waals surface area contributed by atoms with Crippen LogP contribution >= 0.6 is 7.82 Å². The molecule has 7 heteroatoms. The molecule has 0 aliphatic carbocycles. The van der Waals surface area contributed by atoms with E-state index in [4.69, 9.17) is 18.5 Å². The van der Waals surface area contributed by atoms with Crippen LogP contribution in [0.5, 0.6) is 0 Å². The van der Waals surface area contributed by atoms with Crippen LogP contribution in [0.15, 0.2) is 97.1 Å². The van der Waals surface area contributed by atoms with Crippen molar-refractivity contribution < 1.29 is 28.0 Å². The molecule has 41 heavy (non-hydrogen) atoms. The largest absolute Gasteiger partial charge is 0.474 e. The third-order valence-electron chi connectivity index (χ3n) is 8.19. The summed E-state index contributed by atoms with van der Waals surface area (Å²) in [5, 5.41) is 0. The highest BCUT2D eigenvalue weighted by Gasteiger charge is 2.65. The first kappa shape index (κ1) is 28.0.